The number of alkyl halides is 2. The highest BCUT2D eigenvalue weighted by atomic mass is 19.3. The van der Waals surface area contributed by atoms with E-state index < -0.39 is 24.4 Å². The van der Waals surface area contributed by atoms with Crippen molar-refractivity contribution in [2.75, 3.05) is 0 Å². The molecule has 74 valence electrons. The molecule has 0 saturated heterocycles. The Bertz CT molecular complexity index is 338. The van der Waals surface area contributed by atoms with Crippen molar-refractivity contribution in [1.82, 2.24) is 4.98 Å². The van der Waals surface area contributed by atoms with E-state index >= 15 is 0 Å². The highest BCUT2D eigenvalue weighted by molar-refractivity contribution is 6.08. The molecule has 0 unspecified atom stereocenters. The third kappa shape index (κ3) is 2.69. The van der Waals surface area contributed by atoms with Crippen molar-refractivity contribution in [1.29, 1.82) is 0 Å². The fourth-order valence-corrected chi connectivity index (χ4v) is 0.865. The van der Waals surface area contributed by atoms with Gasteiger partial charge in [0.25, 0.3) is 6.43 Å². The van der Waals surface area contributed by atoms with Gasteiger partial charge in [-0.2, -0.15) is 0 Å². The van der Waals surface area contributed by atoms with E-state index in [9.17, 15) is 18.4 Å². The molecule has 0 saturated carbocycles. The SMILES string of the molecule is O=C(CC(=O)C(F)F)c1cccnc1. The molecule has 3 nitrogen and oxygen atoms in total. The maximum absolute atomic E-state index is 11.8. The molecule has 1 aromatic rings. The van der Waals surface area contributed by atoms with Crippen molar-refractivity contribution < 1.29 is 18.4 Å². The minimum atomic E-state index is -3.09. The maximum Gasteiger partial charge on any atom is 0.296 e. The number of pyridine rings is 1. The van der Waals surface area contributed by atoms with Crippen LogP contribution < -0.4 is 0 Å². The lowest BCUT2D eigenvalue weighted by Gasteiger charge is -1.98. The van der Waals surface area contributed by atoms with Crippen LogP contribution in [0.1, 0.15) is 16.8 Å². The summed E-state index contributed by atoms with van der Waals surface area (Å²) in [6, 6.07) is 2.92. The van der Waals surface area contributed by atoms with Crippen LogP contribution in [0.4, 0.5) is 8.78 Å². The smallest absolute Gasteiger partial charge is 0.294 e. The molecule has 14 heavy (non-hydrogen) atoms. The largest absolute Gasteiger partial charge is 0.296 e. The average molecular weight is 199 g/mol. The topological polar surface area (TPSA) is 47.0 Å². The molecule has 0 aliphatic heterocycles. The Morgan fingerprint density at radius 3 is 2.64 bits per heavy atom. The summed E-state index contributed by atoms with van der Waals surface area (Å²) in [7, 11) is 0. The fraction of sp³-hybridized carbons (Fsp3) is 0.222. The molecular formula is C9H7F2NO2. The molecule has 1 rings (SSSR count). The molecular weight excluding hydrogens is 192 g/mol. The van der Waals surface area contributed by atoms with Crippen LogP contribution in [0, 0.1) is 0 Å². The van der Waals surface area contributed by atoms with Crippen LogP contribution in [-0.4, -0.2) is 23.0 Å². The lowest BCUT2D eigenvalue weighted by Crippen LogP contribution is -2.15. The molecule has 0 N–H and O–H groups in total. The van der Waals surface area contributed by atoms with Crippen molar-refractivity contribution >= 4 is 11.6 Å². The van der Waals surface area contributed by atoms with E-state index in [4.69, 9.17) is 0 Å². The average Bonchev–Trinajstić information content (AvgIpc) is 2.19. The molecule has 0 aromatic carbocycles. The first-order valence-corrected chi connectivity index (χ1v) is 3.85. The Hall–Kier alpha value is -1.65. The van der Waals surface area contributed by atoms with E-state index in [1.54, 1.807) is 0 Å². The summed E-state index contributed by atoms with van der Waals surface area (Å²) >= 11 is 0. The monoisotopic (exact) mass is 199 g/mol. The van der Waals surface area contributed by atoms with E-state index in [0.717, 1.165) is 0 Å². The summed E-state index contributed by atoms with van der Waals surface area (Å²) < 4.78 is 23.6. The number of carbonyl (C=O) groups excluding carboxylic acids is 2. The first kappa shape index (κ1) is 10.4. The second kappa shape index (κ2) is 4.55. The molecule has 0 atom stereocenters. The predicted molar refractivity (Wildman–Crippen MR) is 44.2 cm³/mol. The van der Waals surface area contributed by atoms with E-state index in [2.05, 4.69) is 4.98 Å². The number of Topliss-reactive ketones (excluding diaryl/α,β-unsaturated/α-hetero) is 2. The number of aromatic nitrogens is 1. The normalized spacial score (nSPS) is 10.2. The summed E-state index contributed by atoms with van der Waals surface area (Å²) in [5.74, 6) is -2.00. The van der Waals surface area contributed by atoms with Gasteiger partial charge < -0.3 is 0 Å². The van der Waals surface area contributed by atoms with Crippen molar-refractivity contribution in [3.63, 3.8) is 0 Å². The Balaban J connectivity index is 2.65. The van der Waals surface area contributed by atoms with Crippen LogP contribution in [0.5, 0.6) is 0 Å². The van der Waals surface area contributed by atoms with Crippen molar-refractivity contribution in [2.45, 2.75) is 12.8 Å². The summed E-state index contributed by atoms with van der Waals surface area (Å²) in [4.78, 5) is 25.3. The number of nitrogens with zero attached hydrogens (tertiary/aromatic N) is 1. The van der Waals surface area contributed by atoms with Gasteiger partial charge in [-0.05, 0) is 12.1 Å². The Morgan fingerprint density at radius 1 is 1.43 bits per heavy atom. The molecule has 0 aliphatic carbocycles. The van der Waals surface area contributed by atoms with Crippen LogP contribution in [0.2, 0.25) is 0 Å². The quantitative estimate of drug-likeness (QED) is 0.545. The fourth-order valence-electron chi connectivity index (χ4n) is 0.865. The zero-order chi connectivity index (χ0) is 10.6. The molecule has 1 heterocycles. The third-order valence-electron chi connectivity index (χ3n) is 1.56. The van der Waals surface area contributed by atoms with Gasteiger partial charge in [0.2, 0.25) is 5.78 Å². The molecule has 1 aromatic heterocycles. The van der Waals surface area contributed by atoms with Gasteiger partial charge >= 0.3 is 0 Å². The molecule has 0 bridgehead atoms. The molecule has 0 amide bonds. The van der Waals surface area contributed by atoms with Gasteiger partial charge in [0.15, 0.2) is 5.78 Å². The number of ketones is 2. The van der Waals surface area contributed by atoms with Gasteiger partial charge in [0, 0.05) is 18.0 Å². The van der Waals surface area contributed by atoms with Gasteiger partial charge in [-0.25, -0.2) is 8.78 Å². The zero-order valence-corrected chi connectivity index (χ0v) is 7.11. The highest BCUT2D eigenvalue weighted by Crippen LogP contribution is 2.05. The van der Waals surface area contributed by atoms with Gasteiger partial charge in [0.05, 0.1) is 6.42 Å². The van der Waals surface area contributed by atoms with Crippen molar-refractivity contribution in [2.24, 2.45) is 0 Å². The van der Waals surface area contributed by atoms with Crippen LogP contribution in [-0.2, 0) is 4.79 Å². The first-order chi connectivity index (χ1) is 6.61. The van der Waals surface area contributed by atoms with E-state index in [-0.39, 0.29) is 5.56 Å². The Kier molecular flexibility index (Phi) is 3.39. The summed E-state index contributed by atoms with van der Waals surface area (Å²) in [6.45, 7) is 0. The van der Waals surface area contributed by atoms with Crippen LogP contribution >= 0.6 is 0 Å². The molecule has 5 heteroatoms. The second-order valence-electron chi connectivity index (χ2n) is 2.61. The lowest BCUT2D eigenvalue weighted by atomic mass is 10.1. The Morgan fingerprint density at radius 2 is 2.14 bits per heavy atom. The van der Waals surface area contributed by atoms with E-state index in [1.165, 1.54) is 24.5 Å². The lowest BCUT2D eigenvalue weighted by molar-refractivity contribution is -0.128. The highest BCUT2D eigenvalue weighted by Gasteiger charge is 2.19. The number of hydrogen-bond donors (Lipinski definition) is 0. The number of rotatable bonds is 4. The molecule has 0 radical (unpaired) electrons. The predicted octanol–water partition coefficient (Wildman–Crippen LogP) is 1.49. The summed E-state index contributed by atoms with van der Waals surface area (Å²) in [5.41, 5.74) is 0.168. The molecule has 0 fully saturated rings. The number of carbonyl (C=O) groups is 2. The van der Waals surface area contributed by atoms with Crippen molar-refractivity contribution in [3.05, 3.63) is 30.1 Å². The zero-order valence-electron chi connectivity index (χ0n) is 7.11. The van der Waals surface area contributed by atoms with Gasteiger partial charge in [-0.1, -0.05) is 0 Å². The van der Waals surface area contributed by atoms with Gasteiger partial charge in [-0.15, -0.1) is 0 Å². The van der Waals surface area contributed by atoms with Gasteiger partial charge in [-0.3, -0.25) is 14.6 Å². The van der Waals surface area contributed by atoms with E-state index in [0.29, 0.717) is 0 Å². The molecule has 0 spiro atoms. The number of hydrogen-bond acceptors (Lipinski definition) is 3. The number of halogens is 2. The maximum atomic E-state index is 11.8. The van der Waals surface area contributed by atoms with E-state index in [1.807, 2.05) is 0 Å². The van der Waals surface area contributed by atoms with Crippen LogP contribution in [0.3, 0.4) is 0 Å². The van der Waals surface area contributed by atoms with Gasteiger partial charge in [0.1, 0.15) is 0 Å². The summed E-state index contributed by atoms with van der Waals surface area (Å²) in [6.07, 6.45) is -1.17. The van der Waals surface area contributed by atoms with Crippen molar-refractivity contribution in [3.8, 4) is 0 Å². The Labute approximate surface area is 78.8 Å². The third-order valence-corrected chi connectivity index (χ3v) is 1.56. The second-order valence-corrected chi connectivity index (χ2v) is 2.61. The minimum Gasteiger partial charge on any atom is -0.294 e. The first-order valence-electron chi connectivity index (χ1n) is 3.85. The molecule has 0 aliphatic rings. The standard InChI is InChI=1S/C9H7F2NO2/c10-9(11)8(14)4-7(13)6-2-1-3-12-5-6/h1-3,5,9H,4H2. The van der Waals surface area contributed by atoms with Crippen LogP contribution in [0.15, 0.2) is 24.5 Å². The summed E-state index contributed by atoms with van der Waals surface area (Å²) in [5, 5.41) is 0. The minimum absolute atomic E-state index is 0.168. The van der Waals surface area contributed by atoms with Crippen LogP contribution in [0.25, 0.3) is 0 Å².